The molecule has 7 rings (SSSR count). The summed E-state index contributed by atoms with van der Waals surface area (Å²) in [6.07, 6.45) is 1.83. The Labute approximate surface area is 184 Å². The quantitative estimate of drug-likeness (QED) is 0.259. The van der Waals surface area contributed by atoms with Gasteiger partial charge >= 0.3 is 0 Å². The van der Waals surface area contributed by atoms with Gasteiger partial charge in [0.2, 0.25) is 0 Å². The standard InChI is InChI=1S/C30H18N2/c1-2-6-25-19(4-1)7-8-20-9-12-23-18-24(13-15-26(23)28(20)25)27-16-14-22-11-10-21-5-3-17-31-29(21)30(22)32-27/h1-18H. The molecule has 0 radical (unpaired) electrons. The van der Waals surface area contributed by atoms with Crippen LogP contribution in [0.2, 0.25) is 0 Å². The van der Waals surface area contributed by atoms with Crippen LogP contribution >= 0.6 is 0 Å². The molecule has 32 heavy (non-hydrogen) atoms. The van der Waals surface area contributed by atoms with E-state index < -0.39 is 0 Å². The molecule has 0 aliphatic heterocycles. The zero-order valence-electron chi connectivity index (χ0n) is 17.3. The van der Waals surface area contributed by atoms with Gasteiger partial charge < -0.3 is 0 Å². The summed E-state index contributed by atoms with van der Waals surface area (Å²) in [7, 11) is 0. The summed E-state index contributed by atoms with van der Waals surface area (Å²) >= 11 is 0. The molecule has 0 fully saturated rings. The fraction of sp³-hybridized carbons (Fsp3) is 0. The van der Waals surface area contributed by atoms with Gasteiger partial charge in [0, 0.05) is 22.5 Å². The third-order valence-corrected chi connectivity index (χ3v) is 6.45. The molecule has 0 bridgehead atoms. The van der Waals surface area contributed by atoms with E-state index >= 15 is 0 Å². The van der Waals surface area contributed by atoms with Crippen molar-refractivity contribution in [3.63, 3.8) is 0 Å². The van der Waals surface area contributed by atoms with Crippen molar-refractivity contribution < 1.29 is 0 Å². The summed E-state index contributed by atoms with van der Waals surface area (Å²) in [5, 5.41) is 9.87. The summed E-state index contributed by atoms with van der Waals surface area (Å²) in [5.74, 6) is 0. The van der Waals surface area contributed by atoms with Crippen LogP contribution in [0.25, 0.3) is 65.4 Å². The highest BCUT2D eigenvalue weighted by Crippen LogP contribution is 2.34. The van der Waals surface area contributed by atoms with Gasteiger partial charge in [-0.2, -0.15) is 0 Å². The van der Waals surface area contributed by atoms with Crippen molar-refractivity contribution in [2.24, 2.45) is 0 Å². The highest BCUT2D eigenvalue weighted by molar-refractivity contribution is 6.20. The van der Waals surface area contributed by atoms with Crippen molar-refractivity contribution in [1.82, 2.24) is 9.97 Å². The Bertz CT molecular complexity index is 1830. The van der Waals surface area contributed by atoms with Crippen molar-refractivity contribution in [2.75, 3.05) is 0 Å². The topological polar surface area (TPSA) is 25.8 Å². The molecule has 2 nitrogen and oxygen atoms in total. The Morgan fingerprint density at radius 1 is 0.469 bits per heavy atom. The summed E-state index contributed by atoms with van der Waals surface area (Å²) < 4.78 is 0. The lowest BCUT2D eigenvalue weighted by Gasteiger charge is -2.10. The minimum atomic E-state index is 0.949. The minimum absolute atomic E-state index is 0.949. The van der Waals surface area contributed by atoms with Crippen LogP contribution in [0.3, 0.4) is 0 Å². The third-order valence-electron chi connectivity index (χ3n) is 6.45. The van der Waals surface area contributed by atoms with Crippen LogP contribution in [-0.4, -0.2) is 9.97 Å². The maximum absolute atomic E-state index is 5.03. The number of fused-ring (bicyclic) bond motifs is 8. The average Bonchev–Trinajstić information content (AvgIpc) is 2.87. The van der Waals surface area contributed by atoms with Crippen LogP contribution in [-0.2, 0) is 0 Å². The van der Waals surface area contributed by atoms with E-state index in [2.05, 4.69) is 102 Å². The van der Waals surface area contributed by atoms with E-state index in [-0.39, 0.29) is 0 Å². The molecular weight excluding hydrogens is 388 g/mol. The second-order valence-corrected chi connectivity index (χ2v) is 8.30. The van der Waals surface area contributed by atoms with Crippen molar-refractivity contribution in [1.29, 1.82) is 0 Å². The molecule has 2 heterocycles. The predicted octanol–water partition coefficient (Wildman–Crippen LogP) is 7.91. The molecule has 148 valence electrons. The molecular formula is C30H18N2. The summed E-state index contributed by atoms with van der Waals surface area (Å²) in [4.78, 5) is 9.62. The number of aromatic nitrogens is 2. The molecule has 5 aromatic carbocycles. The van der Waals surface area contributed by atoms with Crippen molar-refractivity contribution in [3.05, 3.63) is 109 Å². The average molecular weight is 406 g/mol. The first-order valence-corrected chi connectivity index (χ1v) is 10.8. The Hall–Kier alpha value is -4.30. The Balaban J connectivity index is 1.48. The van der Waals surface area contributed by atoms with E-state index in [9.17, 15) is 0 Å². The van der Waals surface area contributed by atoms with E-state index in [0.717, 1.165) is 33.1 Å². The van der Waals surface area contributed by atoms with Crippen molar-refractivity contribution in [3.8, 4) is 11.3 Å². The molecule has 0 spiro atoms. The Kier molecular flexibility index (Phi) is 3.58. The molecule has 0 N–H and O–H groups in total. The molecule has 0 unspecified atom stereocenters. The first-order valence-electron chi connectivity index (χ1n) is 10.8. The maximum Gasteiger partial charge on any atom is 0.0972 e. The van der Waals surface area contributed by atoms with Gasteiger partial charge in [0.1, 0.15) is 0 Å². The monoisotopic (exact) mass is 406 g/mol. The van der Waals surface area contributed by atoms with Crippen LogP contribution in [0.4, 0.5) is 0 Å². The van der Waals surface area contributed by atoms with Crippen LogP contribution in [0.15, 0.2) is 109 Å². The summed E-state index contributed by atoms with van der Waals surface area (Å²) in [5.41, 5.74) is 3.98. The van der Waals surface area contributed by atoms with Crippen LogP contribution in [0.1, 0.15) is 0 Å². The second kappa shape index (κ2) is 6.60. The lowest BCUT2D eigenvalue weighted by molar-refractivity contribution is 1.37. The first kappa shape index (κ1) is 17.4. The van der Waals surface area contributed by atoms with E-state index in [1.807, 2.05) is 12.3 Å². The summed E-state index contributed by atoms with van der Waals surface area (Å²) in [6, 6.07) is 36.7. The van der Waals surface area contributed by atoms with Crippen molar-refractivity contribution >= 4 is 54.1 Å². The fourth-order valence-corrected chi connectivity index (χ4v) is 4.88. The van der Waals surface area contributed by atoms with Gasteiger partial charge in [0.25, 0.3) is 0 Å². The zero-order chi connectivity index (χ0) is 21.1. The molecule has 7 aromatic rings. The number of rotatable bonds is 1. The second-order valence-electron chi connectivity index (χ2n) is 8.30. The molecule has 0 aliphatic rings. The Morgan fingerprint density at radius 3 is 2.09 bits per heavy atom. The molecule has 0 saturated carbocycles. The number of pyridine rings is 2. The Morgan fingerprint density at radius 2 is 1.16 bits per heavy atom. The van der Waals surface area contributed by atoms with Crippen LogP contribution in [0, 0.1) is 0 Å². The van der Waals surface area contributed by atoms with Gasteiger partial charge in [0.05, 0.1) is 16.7 Å². The molecule has 0 atom stereocenters. The lowest BCUT2D eigenvalue weighted by atomic mass is 9.95. The highest BCUT2D eigenvalue weighted by Gasteiger charge is 2.09. The zero-order valence-corrected chi connectivity index (χ0v) is 17.3. The number of benzene rings is 5. The number of hydrogen-bond acceptors (Lipinski definition) is 2. The smallest absolute Gasteiger partial charge is 0.0972 e. The molecule has 0 amide bonds. The third kappa shape index (κ3) is 2.53. The SMILES string of the molecule is c1ccc2c(c1)ccc1ccc3cc(-c4ccc5ccc6cccnc6c5n4)ccc3c12. The molecule has 2 aromatic heterocycles. The van der Waals surface area contributed by atoms with Gasteiger partial charge in [-0.05, 0) is 50.5 Å². The maximum atomic E-state index is 5.03. The van der Waals surface area contributed by atoms with E-state index in [1.54, 1.807) is 0 Å². The predicted molar refractivity (Wildman–Crippen MR) is 135 cm³/mol. The molecule has 2 heteroatoms. The van der Waals surface area contributed by atoms with E-state index in [1.165, 1.54) is 32.3 Å². The van der Waals surface area contributed by atoms with E-state index in [4.69, 9.17) is 4.98 Å². The van der Waals surface area contributed by atoms with Gasteiger partial charge in [-0.25, -0.2) is 4.98 Å². The summed E-state index contributed by atoms with van der Waals surface area (Å²) in [6.45, 7) is 0. The van der Waals surface area contributed by atoms with Crippen molar-refractivity contribution in [2.45, 2.75) is 0 Å². The largest absolute Gasteiger partial charge is 0.254 e. The van der Waals surface area contributed by atoms with Gasteiger partial charge in [0.15, 0.2) is 0 Å². The minimum Gasteiger partial charge on any atom is -0.254 e. The van der Waals surface area contributed by atoms with E-state index in [0.29, 0.717) is 0 Å². The van der Waals surface area contributed by atoms with Crippen LogP contribution in [0.5, 0.6) is 0 Å². The number of nitrogens with zero attached hydrogens (tertiary/aromatic N) is 2. The van der Waals surface area contributed by atoms with Gasteiger partial charge in [-0.15, -0.1) is 0 Å². The molecule has 0 aliphatic carbocycles. The van der Waals surface area contributed by atoms with Gasteiger partial charge in [-0.3, -0.25) is 4.98 Å². The molecule has 0 saturated heterocycles. The highest BCUT2D eigenvalue weighted by atomic mass is 14.7. The van der Waals surface area contributed by atoms with Gasteiger partial charge in [-0.1, -0.05) is 84.9 Å². The lowest BCUT2D eigenvalue weighted by Crippen LogP contribution is -1.89. The number of hydrogen-bond donors (Lipinski definition) is 0. The first-order chi connectivity index (χ1) is 15.8. The fourth-order valence-electron chi connectivity index (χ4n) is 4.88. The van der Waals surface area contributed by atoms with Crippen LogP contribution < -0.4 is 0 Å². The normalized spacial score (nSPS) is 11.8.